The number of nitrogens with zero attached hydrogens (tertiary/aromatic N) is 1. The SMILES string of the molecule is CCC(C)N(CC(=O)O)C(=O)C(C)OCCC(C)C. The van der Waals surface area contributed by atoms with Crippen LogP contribution in [0.5, 0.6) is 0 Å². The summed E-state index contributed by atoms with van der Waals surface area (Å²) in [5, 5.41) is 8.87. The van der Waals surface area contributed by atoms with Crippen LogP contribution in [0.2, 0.25) is 0 Å². The van der Waals surface area contributed by atoms with Gasteiger partial charge in [0.1, 0.15) is 12.6 Å². The van der Waals surface area contributed by atoms with Crippen LogP contribution in [0.15, 0.2) is 0 Å². The Labute approximate surface area is 115 Å². The Bertz CT molecular complexity index is 291. The molecule has 0 radical (unpaired) electrons. The molecule has 0 heterocycles. The van der Waals surface area contributed by atoms with Crippen LogP contribution >= 0.6 is 0 Å². The molecule has 0 aliphatic heterocycles. The summed E-state index contributed by atoms with van der Waals surface area (Å²) in [6, 6.07) is -0.0975. The van der Waals surface area contributed by atoms with E-state index in [4.69, 9.17) is 9.84 Å². The summed E-state index contributed by atoms with van der Waals surface area (Å²) in [6.07, 6.45) is 1.02. The first-order valence-corrected chi connectivity index (χ1v) is 6.93. The number of carboxylic acids is 1. The molecule has 0 fully saturated rings. The van der Waals surface area contributed by atoms with E-state index in [0.717, 1.165) is 12.8 Å². The maximum atomic E-state index is 12.2. The molecular weight excluding hydrogens is 246 g/mol. The van der Waals surface area contributed by atoms with Crippen molar-refractivity contribution in [2.24, 2.45) is 5.92 Å². The third-order valence-electron chi connectivity index (χ3n) is 3.12. The van der Waals surface area contributed by atoms with Gasteiger partial charge < -0.3 is 14.7 Å². The molecule has 0 saturated heterocycles. The van der Waals surface area contributed by atoms with E-state index < -0.39 is 12.1 Å². The second-order valence-electron chi connectivity index (χ2n) is 5.31. The van der Waals surface area contributed by atoms with Crippen LogP contribution in [0.1, 0.15) is 47.5 Å². The highest BCUT2D eigenvalue weighted by Crippen LogP contribution is 2.09. The van der Waals surface area contributed by atoms with E-state index in [1.54, 1.807) is 6.92 Å². The molecular formula is C14H27NO4. The van der Waals surface area contributed by atoms with Crippen molar-refractivity contribution in [3.8, 4) is 0 Å². The third-order valence-corrected chi connectivity index (χ3v) is 3.12. The summed E-state index contributed by atoms with van der Waals surface area (Å²) in [6.45, 7) is 9.88. The fourth-order valence-corrected chi connectivity index (χ4v) is 1.60. The number of hydrogen-bond donors (Lipinski definition) is 1. The lowest BCUT2D eigenvalue weighted by Crippen LogP contribution is -2.46. The Morgan fingerprint density at radius 3 is 2.21 bits per heavy atom. The van der Waals surface area contributed by atoms with E-state index in [9.17, 15) is 9.59 Å². The first-order chi connectivity index (χ1) is 8.79. The summed E-state index contributed by atoms with van der Waals surface area (Å²) < 4.78 is 5.49. The second-order valence-corrected chi connectivity index (χ2v) is 5.31. The Hall–Kier alpha value is -1.10. The number of aliphatic carboxylic acids is 1. The third kappa shape index (κ3) is 7.15. The quantitative estimate of drug-likeness (QED) is 0.699. The summed E-state index contributed by atoms with van der Waals surface area (Å²) in [5.41, 5.74) is 0. The van der Waals surface area contributed by atoms with Crippen LogP contribution in [0.3, 0.4) is 0 Å². The first kappa shape index (κ1) is 17.9. The average Bonchev–Trinajstić information content (AvgIpc) is 2.33. The fraction of sp³-hybridized carbons (Fsp3) is 0.857. The van der Waals surface area contributed by atoms with E-state index in [0.29, 0.717) is 12.5 Å². The Balaban J connectivity index is 4.47. The normalized spacial score (nSPS) is 14.2. The van der Waals surface area contributed by atoms with Gasteiger partial charge in [-0.2, -0.15) is 0 Å². The van der Waals surface area contributed by atoms with Gasteiger partial charge in [-0.3, -0.25) is 9.59 Å². The predicted octanol–water partition coefficient (Wildman–Crippen LogP) is 2.15. The van der Waals surface area contributed by atoms with Gasteiger partial charge in [0.2, 0.25) is 0 Å². The van der Waals surface area contributed by atoms with E-state index >= 15 is 0 Å². The van der Waals surface area contributed by atoms with Crippen molar-refractivity contribution in [3.63, 3.8) is 0 Å². The zero-order valence-corrected chi connectivity index (χ0v) is 12.7. The van der Waals surface area contributed by atoms with E-state index in [1.165, 1.54) is 4.90 Å². The van der Waals surface area contributed by atoms with Gasteiger partial charge in [0.15, 0.2) is 0 Å². The lowest BCUT2D eigenvalue weighted by Gasteiger charge is -2.29. The molecule has 1 amide bonds. The first-order valence-electron chi connectivity index (χ1n) is 6.93. The number of carbonyl (C=O) groups excluding carboxylic acids is 1. The molecule has 5 nitrogen and oxygen atoms in total. The molecule has 0 saturated carbocycles. The second kappa shape index (κ2) is 8.91. The van der Waals surface area contributed by atoms with E-state index in [2.05, 4.69) is 13.8 Å². The molecule has 0 rings (SSSR count). The maximum absolute atomic E-state index is 12.2. The fourth-order valence-electron chi connectivity index (χ4n) is 1.60. The van der Waals surface area contributed by atoms with Crippen molar-refractivity contribution >= 4 is 11.9 Å². The van der Waals surface area contributed by atoms with Gasteiger partial charge in [0.05, 0.1) is 0 Å². The standard InChI is InChI=1S/C14H27NO4/c1-6-11(4)15(9-13(16)17)14(18)12(5)19-8-7-10(2)3/h10-12H,6-9H2,1-5H3,(H,16,17). The topological polar surface area (TPSA) is 66.8 Å². The minimum absolute atomic E-state index is 0.0975. The zero-order chi connectivity index (χ0) is 15.0. The van der Waals surface area contributed by atoms with Crippen LogP contribution in [-0.2, 0) is 14.3 Å². The number of carboxylic acid groups (broad SMARTS) is 1. The van der Waals surface area contributed by atoms with Gasteiger partial charge >= 0.3 is 5.97 Å². The Morgan fingerprint density at radius 1 is 1.21 bits per heavy atom. The van der Waals surface area contributed by atoms with Crippen LogP contribution < -0.4 is 0 Å². The molecule has 0 aliphatic rings. The molecule has 0 aromatic carbocycles. The molecule has 0 aromatic heterocycles. The summed E-state index contributed by atoms with van der Waals surface area (Å²) >= 11 is 0. The van der Waals surface area contributed by atoms with Crippen LogP contribution in [0, 0.1) is 5.92 Å². The average molecular weight is 273 g/mol. The van der Waals surface area contributed by atoms with Gasteiger partial charge in [-0.1, -0.05) is 20.8 Å². The molecule has 0 aromatic rings. The van der Waals surface area contributed by atoms with Crippen LogP contribution in [0.25, 0.3) is 0 Å². The highest BCUT2D eigenvalue weighted by atomic mass is 16.5. The highest BCUT2D eigenvalue weighted by Gasteiger charge is 2.26. The summed E-state index contributed by atoms with van der Waals surface area (Å²) in [7, 11) is 0. The summed E-state index contributed by atoms with van der Waals surface area (Å²) in [4.78, 5) is 24.4. The van der Waals surface area contributed by atoms with Crippen molar-refractivity contribution in [1.29, 1.82) is 0 Å². The van der Waals surface area contributed by atoms with Crippen molar-refractivity contribution in [3.05, 3.63) is 0 Å². The van der Waals surface area contributed by atoms with Crippen molar-refractivity contribution in [2.45, 2.75) is 59.6 Å². The van der Waals surface area contributed by atoms with Gasteiger partial charge in [-0.05, 0) is 32.6 Å². The van der Waals surface area contributed by atoms with E-state index in [-0.39, 0.29) is 18.5 Å². The largest absolute Gasteiger partial charge is 0.480 e. The van der Waals surface area contributed by atoms with Crippen LogP contribution in [0.4, 0.5) is 0 Å². The monoisotopic (exact) mass is 273 g/mol. The molecule has 0 bridgehead atoms. The molecule has 112 valence electrons. The molecule has 19 heavy (non-hydrogen) atoms. The Kier molecular flexibility index (Phi) is 8.39. The molecule has 5 heteroatoms. The number of rotatable bonds is 9. The van der Waals surface area contributed by atoms with Crippen molar-refractivity contribution < 1.29 is 19.4 Å². The van der Waals surface area contributed by atoms with Gasteiger partial charge in [0.25, 0.3) is 5.91 Å². The van der Waals surface area contributed by atoms with Crippen molar-refractivity contribution in [2.75, 3.05) is 13.2 Å². The van der Waals surface area contributed by atoms with Gasteiger partial charge in [0, 0.05) is 12.6 Å². The maximum Gasteiger partial charge on any atom is 0.323 e. The van der Waals surface area contributed by atoms with E-state index in [1.807, 2.05) is 13.8 Å². The van der Waals surface area contributed by atoms with Crippen molar-refractivity contribution in [1.82, 2.24) is 4.90 Å². The minimum Gasteiger partial charge on any atom is -0.480 e. The lowest BCUT2D eigenvalue weighted by molar-refractivity contribution is -0.152. The van der Waals surface area contributed by atoms with Crippen LogP contribution in [-0.4, -0.2) is 47.2 Å². The number of ether oxygens (including phenoxy) is 1. The molecule has 0 aliphatic carbocycles. The zero-order valence-electron chi connectivity index (χ0n) is 12.7. The lowest BCUT2D eigenvalue weighted by atomic mass is 10.1. The molecule has 2 atom stereocenters. The molecule has 0 spiro atoms. The number of hydrogen-bond acceptors (Lipinski definition) is 3. The van der Waals surface area contributed by atoms with Gasteiger partial charge in [-0.25, -0.2) is 0 Å². The predicted molar refractivity (Wildman–Crippen MR) is 74.0 cm³/mol. The number of carbonyl (C=O) groups is 2. The number of amides is 1. The smallest absolute Gasteiger partial charge is 0.323 e. The molecule has 1 N–H and O–H groups in total. The van der Waals surface area contributed by atoms with Gasteiger partial charge in [-0.15, -0.1) is 0 Å². The highest BCUT2D eigenvalue weighted by molar-refractivity contribution is 5.84. The Morgan fingerprint density at radius 2 is 1.79 bits per heavy atom. The minimum atomic E-state index is -0.997. The molecule has 2 unspecified atom stereocenters. The summed E-state index contributed by atoms with van der Waals surface area (Å²) in [5.74, 6) is -0.726.